The Morgan fingerprint density at radius 1 is 1.18 bits per heavy atom. The standard InChI is InChI=1S/C14H14N2S/c1-11(12-6-3-2-4-7-12)16-13(10-15)14-8-5-9-17-14/h2-9,11,13,16H,1H3/t11-,13-/m0/s1. The van der Waals surface area contributed by atoms with Gasteiger partial charge < -0.3 is 0 Å². The number of thiophene rings is 1. The van der Waals surface area contributed by atoms with E-state index in [4.69, 9.17) is 0 Å². The molecule has 1 aromatic heterocycles. The Hall–Kier alpha value is -1.63. The minimum atomic E-state index is -0.231. The van der Waals surface area contributed by atoms with Gasteiger partial charge in [-0.1, -0.05) is 36.4 Å². The van der Waals surface area contributed by atoms with Gasteiger partial charge in [-0.2, -0.15) is 5.26 Å². The Bertz CT molecular complexity index is 485. The molecule has 1 aromatic carbocycles. The lowest BCUT2D eigenvalue weighted by molar-refractivity contribution is 0.538. The first-order valence-electron chi connectivity index (χ1n) is 5.55. The molecular formula is C14H14N2S. The van der Waals surface area contributed by atoms with Crippen molar-refractivity contribution in [1.82, 2.24) is 5.32 Å². The second-order valence-electron chi connectivity index (χ2n) is 3.88. The molecule has 0 aliphatic heterocycles. The number of hydrogen-bond acceptors (Lipinski definition) is 3. The van der Waals surface area contributed by atoms with Crippen LogP contribution in [0.25, 0.3) is 0 Å². The lowest BCUT2D eigenvalue weighted by Gasteiger charge is -2.17. The predicted octanol–water partition coefficient (Wildman–Crippen LogP) is 3.66. The third-order valence-corrected chi connectivity index (χ3v) is 3.61. The van der Waals surface area contributed by atoms with Crippen molar-refractivity contribution < 1.29 is 0 Å². The van der Waals surface area contributed by atoms with Crippen LogP contribution in [0.15, 0.2) is 47.8 Å². The quantitative estimate of drug-likeness (QED) is 0.888. The molecule has 0 amide bonds. The molecule has 0 saturated carbocycles. The zero-order valence-corrected chi connectivity index (χ0v) is 10.4. The Kier molecular flexibility index (Phi) is 3.92. The van der Waals surface area contributed by atoms with E-state index in [2.05, 4.69) is 30.4 Å². The highest BCUT2D eigenvalue weighted by Gasteiger charge is 2.15. The maximum atomic E-state index is 9.19. The van der Waals surface area contributed by atoms with Crippen molar-refractivity contribution in [2.24, 2.45) is 0 Å². The fourth-order valence-corrected chi connectivity index (χ4v) is 2.45. The second-order valence-corrected chi connectivity index (χ2v) is 4.86. The molecule has 2 nitrogen and oxygen atoms in total. The summed E-state index contributed by atoms with van der Waals surface area (Å²) in [4.78, 5) is 1.07. The van der Waals surface area contributed by atoms with Crippen LogP contribution in [0.5, 0.6) is 0 Å². The lowest BCUT2D eigenvalue weighted by atomic mass is 10.1. The van der Waals surface area contributed by atoms with Gasteiger partial charge in [-0.05, 0) is 23.9 Å². The average Bonchev–Trinajstić information content (AvgIpc) is 2.90. The molecule has 2 aromatic rings. The average molecular weight is 242 g/mol. The van der Waals surface area contributed by atoms with E-state index in [0.29, 0.717) is 0 Å². The van der Waals surface area contributed by atoms with Crippen LogP contribution in [0.2, 0.25) is 0 Å². The summed E-state index contributed by atoms with van der Waals surface area (Å²) < 4.78 is 0. The summed E-state index contributed by atoms with van der Waals surface area (Å²) in [5, 5.41) is 14.5. The number of benzene rings is 1. The van der Waals surface area contributed by atoms with Crippen LogP contribution in [0.4, 0.5) is 0 Å². The summed E-state index contributed by atoms with van der Waals surface area (Å²) in [5.74, 6) is 0. The summed E-state index contributed by atoms with van der Waals surface area (Å²) in [6, 6.07) is 16.4. The molecule has 1 N–H and O–H groups in total. The molecule has 0 spiro atoms. The van der Waals surface area contributed by atoms with E-state index >= 15 is 0 Å². The van der Waals surface area contributed by atoms with Gasteiger partial charge in [-0.25, -0.2) is 0 Å². The van der Waals surface area contributed by atoms with Crippen molar-refractivity contribution in [2.45, 2.75) is 19.0 Å². The van der Waals surface area contributed by atoms with Crippen molar-refractivity contribution in [1.29, 1.82) is 5.26 Å². The first kappa shape index (κ1) is 11.8. The molecule has 0 saturated heterocycles. The van der Waals surface area contributed by atoms with E-state index < -0.39 is 0 Å². The lowest BCUT2D eigenvalue weighted by Crippen LogP contribution is -2.22. The van der Waals surface area contributed by atoms with E-state index in [0.717, 1.165) is 4.88 Å². The Balaban J connectivity index is 2.08. The van der Waals surface area contributed by atoms with Gasteiger partial charge in [-0.15, -0.1) is 11.3 Å². The Labute approximate surface area is 106 Å². The first-order valence-corrected chi connectivity index (χ1v) is 6.43. The monoisotopic (exact) mass is 242 g/mol. The van der Waals surface area contributed by atoms with Gasteiger partial charge in [0.2, 0.25) is 0 Å². The zero-order valence-electron chi connectivity index (χ0n) is 9.63. The molecule has 0 radical (unpaired) electrons. The normalized spacial score (nSPS) is 13.9. The zero-order chi connectivity index (χ0) is 12.1. The summed E-state index contributed by atoms with van der Waals surface area (Å²) in [6.45, 7) is 2.08. The number of nitriles is 1. The molecule has 17 heavy (non-hydrogen) atoms. The van der Waals surface area contributed by atoms with Crippen LogP contribution < -0.4 is 5.32 Å². The van der Waals surface area contributed by atoms with Crippen molar-refractivity contribution in [3.63, 3.8) is 0 Å². The maximum Gasteiger partial charge on any atom is 0.131 e. The van der Waals surface area contributed by atoms with Crippen LogP contribution in [0.1, 0.15) is 29.4 Å². The van der Waals surface area contributed by atoms with Crippen LogP contribution in [0.3, 0.4) is 0 Å². The van der Waals surface area contributed by atoms with Gasteiger partial charge in [0.15, 0.2) is 0 Å². The van der Waals surface area contributed by atoms with Crippen LogP contribution in [-0.2, 0) is 0 Å². The third-order valence-electron chi connectivity index (χ3n) is 2.67. The Morgan fingerprint density at radius 2 is 1.94 bits per heavy atom. The van der Waals surface area contributed by atoms with E-state index in [1.165, 1.54) is 5.56 Å². The summed E-state index contributed by atoms with van der Waals surface area (Å²) in [6.07, 6.45) is 0. The van der Waals surface area contributed by atoms with Crippen LogP contribution in [-0.4, -0.2) is 0 Å². The molecule has 0 aliphatic rings. The van der Waals surface area contributed by atoms with Gasteiger partial charge in [0.05, 0.1) is 6.07 Å². The van der Waals surface area contributed by atoms with Gasteiger partial charge >= 0.3 is 0 Å². The Morgan fingerprint density at radius 3 is 2.53 bits per heavy atom. The van der Waals surface area contributed by atoms with Crippen molar-refractivity contribution >= 4 is 11.3 Å². The topological polar surface area (TPSA) is 35.8 Å². The maximum absolute atomic E-state index is 9.19. The van der Waals surface area contributed by atoms with Gasteiger partial charge in [-0.3, -0.25) is 5.32 Å². The minimum absolute atomic E-state index is 0.169. The summed E-state index contributed by atoms with van der Waals surface area (Å²) in [5.41, 5.74) is 1.20. The molecule has 0 aliphatic carbocycles. The largest absolute Gasteiger partial charge is 0.291 e. The SMILES string of the molecule is C[C@H](N[C@@H](C#N)c1cccs1)c1ccccc1. The highest BCUT2D eigenvalue weighted by Crippen LogP contribution is 2.22. The van der Waals surface area contributed by atoms with Gasteiger partial charge in [0.25, 0.3) is 0 Å². The number of nitrogens with zero attached hydrogens (tertiary/aromatic N) is 1. The second kappa shape index (κ2) is 5.62. The van der Waals surface area contributed by atoms with E-state index in [-0.39, 0.29) is 12.1 Å². The summed E-state index contributed by atoms with van der Waals surface area (Å²) in [7, 11) is 0. The molecule has 1 heterocycles. The molecule has 2 rings (SSSR count). The smallest absolute Gasteiger partial charge is 0.131 e. The highest BCUT2D eigenvalue weighted by molar-refractivity contribution is 7.10. The van der Waals surface area contributed by atoms with Crippen molar-refractivity contribution in [2.75, 3.05) is 0 Å². The van der Waals surface area contributed by atoms with Crippen molar-refractivity contribution in [3.8, 4) is 6.07 Å². The number of hydrogen-bond donors (Lipinski definition) is 1. The molecular weight excluding hydrogens is 228 g/mol. The predicted molar refractivity (Wildman–Crippen MR) is 70.7 cm³/mol. The van der Waals surface area contributed by atoms with Crippen LogP contribution in [0, 0.1) is 11.3 Å². The van der Waals surface area contributed by atoms with Crippen molar-refractivity contribution in [3.05, 3.63) is 58.3 Å². The minimum Gasteiger partial charge on any atom is -0.291 e. The first-order chi connectivity index (χ1) is 8.31. The fraction of sp³-hybridized carbons (Fsp3) is 0.214. The molecule has 3 heteroatoms. The number of rotatable bonds is 4. The van der Waals surface area contributed by atoms with Gasteiger partial charge in [0.1, 0.15) is 6.04 Å². The molecule has 86 valence electrons. The van der Waals surface area contributed by atoms with Crippen LogP contribution >= 0.6 is 11.3 Å². The van der Waals surface area contributed by atoms with Gasteiger partial charge in [0, 0.05) is 10.9 Å². The third kappa shape index (κ3) is 2.94. The fourth-order valence-electron chi connectivity index (χ4n) is 1.73. The molecule has 0 unspecified atom stereocenters. The molecule has 2 atom stereocenters. The van der Waals surface area contributed by atoms with E-state index in [9.17, 15) is 5.26 Å². The van der Waals surface area contributed by atoms with E-state index in [1.54, 1.807) is 11.3 Å². The highest BCUT2D eigenvalue weighted by atomic mass is 32.1. The summed E-state index contributed by atoms with van der Waals surface area (Å²) >= 11 is 1.61. The molecule has 0 fully saturated rings. The van der Waals surface area contributed by atoms with E-state index in [1.807, 2.05) is 35.7 Å². The molecule has 0 bridgehead atoms. The number of nitrogens with one attached hydrogen (secondary N) is 1.